The van der Waals surface area contributed by atoms with Gasteiger partial charge in [-0.15, -0.1) is 0 Å². The van der Waals surface area contributed by atoms with Crippen molar-refractivity contribution in [1.82, 2.24) is 4.90 Å². The van der Waals surface area contributed by atoms with Gasteiger partial charge in [-0.1, -0.05) is 13.8 Å². The van der Waals surface area contributed by atoms with E-state index in [-0.39, 0.29) is 0 Å². The van der Waals surface area contributed by atoms with E-state index in [1.54, 1.807) is 0 Å². The molecule has 9 heavy (non-hydrogen) atoms. The van der Waals surface area contributed by atoms with E-state index >= 15 is 0 Å². The first-order valence-electron chi connectivity index (χ1n) is 3.96. The zero-order chi connectivity index (χ0) is 6.85. The first-order chi connectivity index (χ1) is 4.25. The van der Waals surface area contributed by atoms with E-state index in [0.29, 0.717) is 0 Å². The lowest BCUT2D eigenvalue weighted by Gasteiger charge is -2.13. The minimum atomic E-state index is 0.921. The van der Waals surface area contributed by atoms with Gasteiger partial charge >= 0.3 is 0 Å². The summed E-state index contributed by atoms with van der Waals surface area (Å²) in [6, 6.07) is 0.921. The Kier molecular flexibility index (Phi) is 2.12. The number of nitrogens with zero attached hydrogens (tertiary/aromatic N) is 1. The van der Waals surface area contributed by atoms with Crippen LogP contribution in [0.25, 0.3) is 0 Å². The summed E-state index contributed by atoms with van der Waals surface area (Å²) in [6.07, 6.45) is 2.72. The van der Waals surface area contributed by atoms with Crippen LogP contribution in [0.3, 0.4) is 0 Å². The van der Waals surface area contributed by atoms with E-state index in [1.807, 2.05) is 0 Å². The highest BCUT2D eigenvalue weighted by Crippen LogP contribution is 2.33. The van der Waals surface area contributed by atoms with Gasteiger partial charge in [0.1, 0.15) is 0 Å². The van der Waals surface area contributed by atoms with Gasteiger partial charge in [0.25, 0.3) is 0 Å². The molecule has 0 N–H and O–H groups in total. The van der Waals surface area contributed by atoms with Crippen LogP contribution >= 0.6 is 0 Å². The van der Waals surface area contributed by atoms with Crippen LogP contribution in [0.4, 0.5) is 0 Å². The Morgan fingerprint density at radius 3 is 2.44 bits per heavy atom. The average Bonchev–Trinajstić information content (AvgIpc) is 2.47. The Hall–Kier alpha value is -0.0400. The number of rotatable bonds is 3. The van der Waals surface area contributed by atoms with Crippen molar-refractivity contribution in [2.24, 2.45) is 5.92 Å². The molecule has 0 amide bonds. The molecule has 54 valence electrons. The Bertz CT molecular complexity index is 90.6. The van der Waals surface area contributed by atoms with Crippen molar-refractivity contribution in [2.75, 3.05) is 13.6 Å². The molecule has 0 bridgehead atoms. The maximum Gasteiger partial charge on any atom is 0.0121 e. The third-order valence-corrected chi connectivity index (χ3v) is 2.21. The summed E-state index contributed by atoms with van der Waals surface area (Å²) in [4.78, 5) is 2.48. The van der Waals surface area contributed by atoms with Crippen LogP contribution < -0.4 is 0 Å². The molecule has 1 aliphatic rings. The van der Waals surface area contributed by atoms with E-state index in [2.05, 4.69) is 25.8 Å². The summed E-state index contributed by atoms with van der Waals surface area (Å²) in [6.45, 7) is 5.84. The number of hydrogen-bond acceptors (Lipinski definition) is 1. The molecule has 1 aliphatic carbocycles. The fourth-order valence-corrected chi connectivity index (χ4v) is 1.44. The van der Waals surface area contributed by atoms with Crippen LogP contribution in [0.5, 0.6) is 0 Å². The molecule has 1 saturated carbocycles. The predicted molar refractivity (Wildman–Crippen MR) is 40.5 cm³/mol. The summed E-state index contributed by atoms with van der Waals surface area (Å²) < 4.78 is 0. The van der Waals surface area contributed by atoms with Gasteiger partial charge in [0.2, 0.25) is 0 Å². The second-order valence-electron chi connectivity index (χ2n) is 3.26. The Balaban J connectivity index is 2.11. The van der Waals surface area contributed by atoms with Crippen molar-refractivity contribution in [2.45, 2.75) is 32.7 Å². The van der Waals surface area contributed by atoms with Crippen LogP contribution in [0.1, 0.15) is 26.7 Å². The van der Waals surface area contributed by atoms with Crippen LogP contribution in [0, 0.1) is 5.92 Å². The van der Waals surface area contributed by atoms with Gasteiger partial charge < -0.3 is 4.90 Å². The predicted octanol–water partition coefficient (Wildman–Crippen LogP) is 1.74. The summed E-state index contributed by atoms with van der Waals surface area (Å²) in [5.74, 6) is 0.974. The molecule has 0 spiro atoms. The smallest absolute Gasteiger partial charge is 0.0121 e. The van der Waals surface area contributed by atoms with Crippen molar-refractivity contribution >= 4 is 0 Å². The van der Waals surface area contributed by atoms with Gasteiger partial charge in [0, 0.05) is 6.04 Å². The molecule has 1 rings (SSSR count). The zero-order valence-corrected chi connectivity index (χ0v) is 6.72. The molecule has 0 heterocycles. The molecule has 2 unspecified atom stereocenters. The normalized spacial score (nSPS) is 33.3. The summed E-state index contributed by atoms with van der Waals surface area (Å²) in [5, 5.41) is 0. The molecule has 1 heteroatoms. The molecule has 0 aromatic rings. The van der Waals surface area contributed by atoms with Crippen molar-refractivity contribution in [3.05, 3.63) is 0 Å². The van der Waals surface area contributed by atoms with Crippen molar-refractivity contribution in [1.29, 1.82) is 0 Å². The molecule has 1 fully saturated rings. The van der Waals surface area contributed by atoms with Crippen molar-refractivity contribution in [3.8, 4) is 0 Å². The third-order valence-electron chi connectivity index (χ3n) is 2.21. The first kappa shape index (κ1) is 7.07. The molecule has 1 nitrogen and oxygen atoms in total. The Morgan fingerprint density at radius 1 is 1.56 bits per heavy atom. The van der Waals surface area contributed by atoms with Crippen molar-refractivity contribution in [3.63, 3.8) is 0 Å². The van der Waals surface area contributed by atoms with Crippen LogP contribution in [0.2, 0.25) is 0 Å². The molecule has 0 aliphatic heterocycles. The highest BCUT2D eigenvalue weighted by atomic mass is 15.2. The van der Waals surface area contributed by atoms with Crippen LogP contribution in [0.15, 0.2) is 0 Å². The number of hydrogen-bond donors (Lipinski definition) is 0. The Morgan fingerprint density at radius 2 is 2.11 bits per heavy atom. The molecule has 2 atom stereocenters. The van der Waals surface area contributed by atoms with Gasteiger partial charge in [-0.25, -0.2) is 0 Å². The van der Waals surface area contributed by atoms with Gasteiger partial charge in [0.15, 0.2) is 0 Å². The van der Waals surface area contributed by atoms with E-state index in [4.69, 9.17) is 0 Å². The minimum Gasteiger partial charge on any atom is -0.303 e. The van der Waals surface area contributed by atoms with Crippen molar-refractivity contribution < 1.29 is 0 Å². The lowest BCUT2D eigenvalue weighted by atomic mass is 10.4. The largest absolute Gasteiger partial charge is 0.303 e. The molecular formula is C8H17N. The van der Waals surface area contributed by atoms with E-state index in [1.165, 1.54) is 19.4 Å². The standard InChI is InChI=1S/C8H17N/c1-4-5-9(3)8-6-7(8)2/h7-8H,4-6H2,1-3H3. The lowest BCUT2D eigenvalue weighted by molar-refractivity contribution is 0.312. The molecule has 0 aromatic heterocycles. The topological polar surface area (TPSA) is 3.24 Å². The van der Waals surface area contributed by atoms with E-state index in [9.17, 15) is 0 Å². The van der Waals surface area contributed by atoms with E-state index < -0.39 is 0 Å². The third kappa shape index (κ3) is 1.68. The highest BCUT2D eigenvalue weighted by molar-refractivity contribution is 4.90. The zero-order valence-electron chi connectivity index (χ0n) is 6.72. The minimum absolute atomic E-state index is 0.921. The highest BCUT2D eigenvalue weighted by Gasteiger charge is 2.35. The maximum atomic E-state index is 2.48. The van der Waals surface area contributed by atoms with Gasteiger partial charge in [0.05, 0.1) is 0 Å². The molecule has 0 radical (unpaired) electrons. The molecule has 0 aromatic carbocycles. The summed E-state index contributed by atoms with van der Waals surface area (Å²) in [5.41, 5.74) is 0. The molecule has 0 saturated heterocycles. The maximum absolute atomic E-state index is 2.48. The fourth-order valence-electron chi connectivity index (χ4n) is 1.44. The second-order valence-corrected chi connectivity index (χ2v) is 3.26. The van der Waals surface area contributed by atoms with Gasteiger partial charge in [-0.05, 0) is 32.4 Å². The fraction of sp³-hybridized carbons (Fsp3) is 1.00. The molecular weight excluding hydrogens is 110 g/mol. The van der Waals surface area contributed by atoms with Crippen LogP contribution in [-0.2, 0) is 0 Å². The first-order valence-corrected chi connectivity index (χ1v) is 3.96. The second kappa shape index (κ2) is 2.70. The average molecular weight is 127 g/mol. The lowest BCUT2D eigenvalue weighted by Crippen LogP contribution is -2.22. The SMILES string of the molecule is CCCN(C)C1CC1C. The summed E-state index contributed by atoms with van der Waals surface area (Å²) >= 11 is 0. The van der Waals surface area contributed by atoms with Crippen LogP contribution in [-0.4, -0.2) is 24.5 Å². The van der Waals surface area contributed by atoms with E-state index in [0.717, 1.165) is 12.0 Å². The monoisotopic (exact) mass is 127 g/mol. The van der Waals surface area contributed by atoms with Gasteiger partial charge in [-0.2, -0.15) is 0 Å². The Labute approximate surface area is 58.0 Å². The summed E-state index contributed by atoms with van der Waals surface area (Å²) in [7, 11) is 2.23. The quantitative estimate of drug-likeness (QED) is 0.558. The van der Waals surface area contributed by atoms with Gasteiger partial charge in [-0.3, -0.25) is 0 Å².